The Balaban J connectivity index is 1.88. The molecule has 0 bridgehead atoms. The zero-order valence-corrected chi connectivity index (χ0v) is 18.4. The van der Waals surface area contributed by atoms with Crippen LogP contribution in [0.5, 0.6) is 17.2 Å². The summed E-state index contributed by atoms with van der Waals surface area (Å²) >= 11 is 0. The summed E-state index contributed by atoms with van der Waals surface area (Å²) in [6.45, 7) is 11.0. The maximum Gasteiger partial charge on any atom is 0.161 e. The summed E-state index contributed by atoms with van der Waals surface area (Å²) in [5.74, 6) is 2.55. The lowest BCUT2D eigenvalue weighted by atomic mass is 9.88. The summed E-state index contributed by atoms with van der Waals surface area (Å²) in [5.41, 5.74) is 4.96. The number of hydrogen-bond acceptors (Lipinski definition) is 5. The minimum atomic E-state index is 0.138. The minimum absolute atomic E-state index is 0.138. The van der Waals surface area contributed by atoms with Gasteiger partial charge in [-0.2, -0.15) is 0 Å². The zero-order chi connectivity index (χ0) is 20.8. The van der Waals surface area contributed by atoms with E-state index in [2.05, 4.69) is 55.3 Å². The highest BCUT2D eigenvalue weighted by atomic mass is 16.5. The van der Waals surface area contributed by atoms with E-state index >= 15 is 0 Å². The number of likely N-dealkylation sites (N-methyl/N-ethyl adjacent to an activating group) is 1. The van der Waals surface area contributed by atoms with Gasteiger partial charge in [0.05, 0.1) is 20.3 Å². The molecule has 0 spiro atoms. The van der Waals surface area contributed by atoms with E-state index in [1.807, 2.05) is 6.07 Å². The third-order valence-corrected chi connectivity index (χ3v) is 5.79. The summed E-state index contributed by atoms with van der Waals surface area (Å²) in [7, 11) is 3.43. The normalized spacial score (nSPS) is 15.9. The highest BCUT2D eigenvalue weighted by Gasteiger charge is 2.24. The molecule has 0 saturated heterocycles. The Kier molecular flexibility index (Phi) is 7.40. The average Bonchev–Trinajstić information content (AvgIpc) is 2.75. The maximum absolute atomic E-state index is 6.16. The SMILES string of the molecule is CCN(CC)CCOc1cc2c(cc1OC)CCNC2c1ccc(OC)c(C)c1. The van der Waals surface area contributed by atoms with E-state index in [0.29, 0.717) is 6.61 Å². The van der Waals surface area contributed by atoms with Crippen molar-refractivity contribution in [1.29, 1.82) is 0 Å². The van der Waals surface area contributed by atoms with Gasteiger partial charge >= 0.3 is 0 Å². The molecule has 158 valence electrons. The van der Waals surface area contributed by atoms with Crippen LogP contribution < -0.4 is 19.5 Å². The first kappa shape index (κ1) is 21.5. The fraction of sp³-hybridized carbons (Fsp3) is 0.500. The van der Waals surface area contributed by atoms with Crippen LogP contribution in [0.3, 0.4) is 0 Å². The van der Waals surface area contributed by atoms with Crippen molar-refractivity contribution in [2.24, 2.45) is 0 Å². The van der Waals surface area contributed by atoms with E-state index in [0.717, 1.165) is 55.4 Å². The second-order valence-corrected chi connectivity index (χ2v) is 7.44. The molecule has 2 aromatic rings. The van der Waals surface area contributed by atoms with Crippen LogP contribution in [0.25, 0.3) is 0 Å². The average molecular weight is 399 g/mol. The van der Waals surface area contributed by atoms with Gasteiger partial charge in [-0.25, -0.2) is 0 Å². The molecule has 0 aromatic heterocycles. The Hall–Kier alpha value is -2.24. The number of fused-ring (bicyclic) bond motifs is 1. The topological polar surface area (TPSA) is 43.0 Å². The van der Waals surface area contributed by atoms with Crippen LogP contribution in [0.15, 0.2) is 30.3 Å². The number of nitrogens with one attached hydrogen (secondary N) is 1. The van der Waals surface area contributed by atoms with Crippen molar-refractivity contribution in [1.82, 2.24) is 10.2 Å². The van der Waals surface area contributed by atoms with Crippen LogP contribution in [-0.4, -0.2) is 51.9 Å². The third-order valence-electron chi connectivity index (χ3n) is 5.79. The van der Waals surface area contributed by atoms with E-state index < -0.39 is 0 Å². The number of benzene rings is 2. The molecule has 1 N–H and O–H groups in total. The van der Waals surface area contributed by atoms with Gasteiger partial charge in [-0.05, 0) is 66.9 Å². The van der Waals surface area contributed by atoms with Crippen molar-refractivity contribution in [3.63, 3.8) is 0 Å². The van der Waals surface area contributed by atoms with E-state index in [1.54, 1.807) is 14.2 Å². The minimum Gasteiger partial charge on any atom is -0.496 e. The third kappa shape index (κ3) is 4.85. The molecule has 0 aliphatic carbocycles. The van der Waals surface area contributed by atoms with E-state index in [4.69, 9.17) is 14.2 Å². The molecule has 1 heterocycles. The van der Waals surface area contributed by atoms with Crippen LogP contribution in [0.4, 0.5) is 0 Å². The first-order valence-corrected chi connectivity index (χ1v) is 10.5. The van der Waals surface area contributed by atoms with Crippen LogP contribution >= 0.6 is 0 Å². The molecule has 1 aliphatic rings. The van der Waals surface area contributed by atoms with Gasteiger partial charge in [0.1, 0.15) is 12.4 Å². The van der Waals surface area contributed by atoms with Crippen molar-refractivity contribution in [2.75, 3.05) is 47.0 Å². The van der Waals surface area contributed by atoms with Crippen LogP contribution in [0, 0.1) is 6.92 Å². The predicted octanol–water partition coefficient (Wildman–Crippen LogP) is 3.97. The number of rotatable bonds is 9. The van der Waals surface area contributed by atoms with Crippen molar-refractivity contribution < 1.29 is 14.2 Å². The van der Waals surface area contributed by atoms with Gasteiger partial charge < -0.3 is 24.4 Å². The molecule has 5 nitrogen and oxygen atoms in total. The number of nitrogens with zero attached hydrogens (tertiary/aromatic N) is 1. The standard InChI is InChI=1S/C24H34N2O3/c1-6-26(7-2)12-13-29-23-16-20-18(15-22(23)28-5)10-11-25-24(20)19-8-9-21(27-4)17(3)14-19/h8-9,14-16,24-25H,6-7,10-13H2,1-5H3. The summed E-state index contributed by atoms with van der Waals surface area (Å²) in [5, 5.41) is 3.67. The van der Waals surface area contributed by atoms with Gasteiger partial charge in [-0.1, -0.05) is 26.0 Å². The van der Waals surface area contributed by atoms with Crippen LogP contribution in [0.1, 0.15) is 42.1 Å². The van der Waals surface area contributed by atoms with Crippen LogP contribution in [-0.2, 0) is 6.42 Å². The Labute approximate surface area is 175 Å². The summed E-state index contributed by atoms with van der Waals surface area (Å²) < 4.78 is 17.2. The molecule has 5 heteroatoms. The number of methoxy groups -OCH3 is 2. The molecule has 0 amide bonds. The molecule has 1 unspecified atom stereocenters. The number of aryl methyl sites for hydroxylation is 1. The molecule has 3 rings (SSSR count). The largest absolute Gasteiger partial charge is 0.496 e. The van der Waals surface area contributed by atoms with Gasteiger partial charge in [0.15, 0.2) is 11.5 Å². The quantitative estimate of drug-likeness (QED) is 0.692. The molecule has 29 heavy (non-hydrogen) atoms. The fourth-order valence-electron chi connectivity index (χ4n) is 4.04. The van der Waals surface area contributed by atoms with Crippen molar-refractivity contribution in [2.45, 2.75) is 33.2 Å². The lowest BCUT2D eigenvalue weighted by Gasteiger charge is -2.29. The first-order chi connectivity index (χ1) is 14.1. The van der Waals surface area contributed by atoms with E-state index in [1.165, 1.54) is 16.7 Å². The lowest BCUT2D eigenvalue weighted by Crippen LogP contribution is -2.31. The molecular weight excluding hydrogens is 364 g/mol. The fourth-order valence-corrected chi connectivity index (χ4v) is 4.04. The summed E-state index contributed by atoms with van der Waals surface area (Å²) in [4.78, 5) is 2.36. The second-order valence-electron chi connectivity index (χ2n) is 7.44. The van der Waals surface area contributed by atoms with Gasteiger partial charge in [0, 0.05) is 13.1 Å². The van der Waals surface area contributed by atoms with E-state index in [9.17, 15) is 0 Å². The number of hydrogen-bond donors (Lipinski definition) is 1. The zero-order valence-electron chi connectivity index (χ0n) is 18.4. The molecule has 1 aliphatic heterocycles. The van der Waals surface area contributed by atoms with Gasteiger partial charge in [0.2, 0.25) is 0 Å². The molecule has 1 atom stereocenters. The van der Waals surface area contributed by atoms with Crippen molar-refractivity contribution >= 4 is 0 Å². The molecular formula is C24H34N2O3. The molecule has 2 aromatic carbocycles. The highest BCUT2D eigenvalue weighted by molar-refractivity contribution is 5.52. The summed E-state index contributed by atoms with van der Waals surface area (Å²) in [6.07, 6.45) is 0.983. The molecule has 0 radical (unpaired) electrons. The molecule has 0 fully saturated rings. The summed E-state index contributed by atoms with van der Waals surface area (Å²) in [6, 6.07) is 10.8. The smallest absolute Gasteiger partial charge is 0.161 e. The second kappa shape index (κ2) is 9.99. The van der Waals surface area contributed by atoms with Gasteiger partial charge in [-0.3, -0.25) is 0 Å². The Morgan fingerprint density at radius 3 is 2.41 bits per heavy atom. The highest BCUT2D eigenvalue weighted by Crippen LogP contribution is 2.38. The number of ether oxygens (including phenoxy) is 3. The predicted molar refractivity (Wildman–Crippen MR) is 118 cm³/mol. The van der Waals surface area contributed by atoms with Crippen LogP contribution in [0.2, 0.25) is 0 Å². The van der Waals surface area contributed by atoms with E-state index in [-0.39, 0.29) is 6.04 Å². The Morgan fingerprint density at radius 2 is 1.76 bits per heavy atom. The first-order valence-electron chi connectivity index (χ1n) is 10.5. The maximum atomic E-state index is 6.16. The molecule has 0 saturated carbocycles. The monoisotopic (exact) mass is 398 g/mol. The van der Waals surface area contributed by atoms with Crippen molar-refractivity contribution in [3.8, 4) is 17.2 Å². The Bertz CT molecular complexity index is 818. The van der Waals surface area contributed by atoms with Gasteiger partial charge in [-0.15, -0.1) is 0 Å². The van der Waals surface area contributed by atoms with Crippen molar-refractivity contribution in [3.05, 3.63) is 52.6 Å². The van der Waals surface area contributed by atoms with Gasteiger partial charge in [0.25, 0.3) is 0 Å². The lowest BCUT2D eigenvalue weighted by molar-refractivity contribution is 0.217. The Morgan fingerprint density at radius 1 is 1.00 bits per heavy atom.